The predicted molar refractivity (Wildman–Crippen MR) is 58.8 cm³/mol. The largest absolute Gasteiger partial charge is 0.493 e. The summed E-state index contributed by atoms with van der Waals surface area (Å²) in [6, 6.07) is 7.03. The maximum atomic E-state index is 9.19. The minimum Gasteiger partial charge on any atom is -0.493 e. The molecule has 16 heavy (non-hydrogen) atoms. The number of rotatable bonds is 3. The van der Waals surface area contributed by atoms with Crippen LogP contribution in [0.2, 0.25) is 0 Å². The second-order valence-corrected chi connectivity index (χ2v) is 3.18. The van der Waals surface area contributed by atoms with Crippen LogP contribution in [0, 0.1) is 0 Å². The van der Waals surface area contributed by atoms with Crippen molar-refractivity contribution in [2.45, 2.75) is 0 Å². The third kappa shape index (κ3) is 1.67. The summed E-state index contributed by atoms with van der Waals surface area (Å²) >= 11 is 0. The lowest BCUT2D eigenvalue weighted by Crippen LogP contribution is -1.93. The summed E-state index contributed by atoms with van der Waals surface area (Å²) in [6.07, 6.45) is 0. The lowest BCUT2D eigenvalue weighted by Gasteiger charge is -2.10. The fourth-order valence-electron chi connectivity index (χ4n) is 1.55. The lowest BCUT2D eigenvalue weighted by molar-refractivity contribution is 0.356. The maximum absolute atomic E-state index is 9.19. The Balaban J connectivity index is 2.56. The highest BCUT2D eigenvalue weighted by molar-refractivity contribution is 5.71. The number of H-pyrrole nitrogens is 1. The summed E-state index contributed by atoms with van der Waals surface area (Å²) < 4.78 is 10.5. The maximum Gasteiger partial charge on any atom is 0.230 e. The van der Waals surface area contributed by atoms with E-state index in [1.54, 1.807) is 20.3 Å². The zero-order chi connectivity index (χ0) is 11.5. The van der Waals surface area contributed by atoms with Gasteiger partial charge in [0.05, 0.1) is 19.9 Å². The molecule has 5 heteroatoms. The van der Waals surface area contributed by atoms with Crippen molar-refractivity contribution in [2.24, 2.45) is 0 Å². The van der Waals surface area contributed by atoms with Crippen LogP contribution in [0.4, 0.5) is 0 Å². The Morgan fingerprint density at radius 3 is 2.62 bits per heavy atom. The van der Waals surface area contributed by atoms with Crippen LogP contribution >= 0.6 is 0 Å². The molecular weight excluding hydrogens is 208 g/mol. The first-order valence-corrected chi connectivity index (χ1v) is 4.72. The number of methoxy groups -OCH3 is 2. The van der Waals surface area contributed by atoms with E-state index < -0.39 is 0 Å². The molecule has 1 aromatic carbocycles. The Morgan fingerprint density at radius 1 is 1.25 bits per heavy atom. The molecule has 5 nitrogen and oxygen atoms in total. The molecule has 0 aliphatic rings. The highest BCUT2D eigenvalue weighted by Crippen LogP contribution is 2.37. The molecule has 0 saturated carbocycles. The van der Waals surface area contributed by atoms with Gasteiger partial charge in [0.15, 0.2) is 11.5 Å². The van der Waals surface area contributed by atoms with Gasteiger partial charge in [0.25, 0.3) is 0 Å². The SMILES string of the molecule is COc1cccc(-c2cc(O)n[nH]2)c1OC. The van der Waals surface area contributed by atoms with Crippen LogP contribution in [-0.2, 0) is 0 Å². The average Bonchev–Trinajstić information content (AvgIpc) is 2.74. The van der Waals surface area contributed by atoms with Gasteiger partial charge in [0.1, 0.15) is 0 Å². The Labute approximate surface area is 92.6 Å². The molecule has 0 atom stereocenters. The molecule has 84 valence electrons. The molecule has 0 aliphatic carbocycles. The Bertz CT molecular complexity index is 494. The number of aromatic amines is 1. The topological polar surface area (TPSA) is 67.4 Å². The molecule has 0 unspecified atom stereocenters. The third-order valence-electron chi connectivity index (χ3n) is 2.26. The van der Waals surface area contributed by atoms with E-state index in [1.807, 2.05) is 12.1 Å². The molecule has 1 aromatic heterocycles. The average molecular weight is 220 g/mol. The fourth-order valence-corrected chi connectivity index (χ4v) is 1.55. The fraction of sp³-hybridized carbons (Fsp3) is 0.182. The van der Waals surface area contributed by atoms with Crippen molar-refractivity contribution < 1.29 is 14.6 Å². The molecule has 0 saturated heterocycles. The van der Waals surface area contributed by atoms with Crippen molar-refractivity contribution >= 4 is 0 Å². The minimum absolute atomic E-state index is 0.0557. The molecule has 0 fully saturated rings. The first-order valence-electron chi connectivity index (χ1n) is 4.72. The van der Waals surface area contributed by atoms with Crippen molar-refractivity contribution in [3.8, 4) is 28.6 Å². The van der Waals surface area contributed by atoms with Gasteiger partial charge in [-0.2, -0.15) is 0 Å². The quantitative estimate of drug-likeness (QED) is 0.827. The standard InChI is InChI=1S/C11H12N2O3/c1-15-9-5-3-4-7(11(9)16-2)8-6-10(14)13-12-8/h3-6H,1-2H3,(H2,12,13,14). The summed E-state index contributed by atoms with van der Waals surface area (Å²) in [6.45, 7) is 0. The van der Waals surface area contributed by atoms with Crippen molar-refractivity contribution in [3.05, 3.63) is 24.3 Å². The number of ether oxygens (including phenoxy) is 2. The van der Waals surface area contributed by atoms with E-state index >= 15 is 0 Å². The van der Waals surface area contributed by atoms with Gasteiger partial charge in [-0.05, 0) is 12.1 Å². The number of aromatic nitrogens is 2. The summed E-state index contributed by atoms with van der Waals surface area (Å²) in [7, 11) is 3.14. The number of para-hydroxylation sites is 1. The molecule has 0 spiro atoms. The van der Waals surface area contributed by atoms with Gasteiger partial charge in [-0.25, -0.2) is 0 Å². The molecule has 0 aliphatic heterocycles. The van der Waals surface area contributed by atoms with Gasteiger partial charge in [0.2, 0.25) is 5.88 Å². The van der Waals surface area contributed by atoms with Gasteiger partial charge in [-0.3, -0.25) is 5.10 Å². The minimum atomic E-state index is -0.0557. The van der Waals surface area contributed by atoms with E-state index in [9.17, 15) is 5.11 Å². The van der Waals surface area contributed by atoms with Crippen LogP contribution in [0.25, 0.3) is 11.3 Å². The third-order valence-corrected chi connectivity index (χ3v) is 2.26. The molecule has 0 bridgehead atoms. The van der Waals surface area contributed by atoms with Crippen molar-refractivity contribution in [2.75, 3.05) is 14.2 Å². The smallest absolute Gasteiger partial charge is 0.230 e. The number of aromatic hydroxyl groups is 1. The Hall–Kier alpha value is -2.17. The number of nitrogens with zero attached hydrogens (tertiary/aromatic N) is 1. The Morgan fingerprint density at radius 2 is 2.06 bits per heavy atom. The zero-order valence-electron chi connectivity index (χ0n) is 9.02. The summed E-state index contributed by atoms with van der Waals surface area (Å²) in [5, 5.41) is 15.6. The van der Waals surface area contributed by atoms with Gasteiger partial charge in [-0.1, -0.05) is 6.07 Å². The van der Waals surface area contributed by atoms with Crippen molar-refractivity contribution in [3.63, 3.8) is 0 Å². The van der Waals surface area contributed by atoms with E-state index in [0.717, 1.165) is 5.56 Å². The zero-order valence-corrected chi connectivity index (χ0v) is 9.02. The highest BCUT2D eigenvalue weighted by atomic mass is 16.5. The van der Waals surface area contributed by atoms with E-state index in [1.165, 1.54) is 6.07 Å². The molecule has 2 rings (SSSR count). The normalized spacial score (nSPS) is 10.1. The van der Waals surface area contributed by atoms with Gasteiger partial charge in [0, 0.05) is 11.6 Å². The summed E-state index contributed by atoms with van der Waals surface area (Å²) in [4.78, 5) is 0. The number of nitrogens with one attached hydrogen (secondary N) is 1. The molecule has 0 amide bonds. The molecule has 2 aromatic rings. The van der Waals surface area contributed by atoms with E-state index in [4.69, 9.17) is 9.47 Å². The van der Waals surface area contributed by atoms with Gasteiger partial charge >= 0.3 is 0 Å². The monoisotopic (exact) mass is 220 g/mol. The number of benzene rings is 1. The molecular formula is C11H12N2O3. The van der Waals surface area contributed by atoms with E-state index in [-0.39, 0.29) is 5.88 Å². The summed E-state index contributed by atoms with van der Waals surface area (Å²) in [5.74, 6) is 1.18. The van der Waals surface area contributed by atoms with E-state index in [2.05, 4.69) is 10.2 Å². The Kier molecular flexibility index (Phi) is 2.68. The van der Waals surface area contributed by atoms with Crippen LogP contribution in [0.3, 0.4) is 0 Å². The molecule has 0 radical (unpaired) electrons. The molecule has 2 N–H and O–H groups in total. The highest BCUT2D eigenvalue weighted by Gasteiger charge is 2.13. The van der Waals surface area contributed by atoms with E-state index in [0.29, 0.717) is 17.2 Å². The lowest BCUT2D eigenvalue weighted by atomic mass is 10.1. The first kappa shape index (κ1) is 10.4. The van der Waals surface area contributed by atoms with Gasteiger partial charge < -0.3 is 14.6 Å². The number of hydrogen-bond acceptors (Lipinski definition) is 4. The van der Waals surface area contributed by atoms with Crippen LogP contribution < -0.4 is 9.47 Å². The van der Waals surface area contributed by atoms with Crippen LogP contribution in [0.1, 0.15) is 0 Å². The molecule has 1 heterocycles. The first-order chi connectivity index (χ1) is 7.76. The van der Waals surface area contributed by atoms with Crippen LogP contribution in [-0.4, -0.2) is 29.5 Å². The summed E-state index contributed by atoms with van der Waals surface area (Å²) in [5.41, 5.74) is 1.46. The van der Waals surface area contributed by atoms with Crippen molar-refractivity contribution in [1.29, 1.82) is 0 Å². The predicted octanol–water partition coefficient (Wildman–Crippen LogP) is 1.80. The van der Waals surface area contributed by atoms with Crippen LogP contribution in [0.5, 0.6) is 17.4 Å². The second kappa shape index (κ2) is 4.14. The van der Waals surface area contributed by atoms with Gasteiger partial charge in [-0.15, -0.1) is 5.10 Å². The second-order valence-electron chi connectivity index (χ2n) is 3.18. The number of hydrogen-bond donors (Lipinski definition) is 2. The van der Waals surface area contributed by atoms with Crippen LogP contribution in [0.15, 0.2) is 24.3 Å². The van der Waals surface area contributed by atoms with Crippen molar-refractivity contribution in [1.82, 2.24) is 10.2 Å².